The molecular weight excluding hydrogens is 676 g/mol. The number of aliphatic hydroxyl groups is 7. The molecule has 21 atom stereocenters. The molecular formula is C39H66O13. The minimum atomic E-state index is -1.23. The lowest BCUT2D eigenvalue weighted by Gasteiger charge is -2.63. The largest absolute Gasteiger partial charge is 0.394 e. The van der Waals surface area contributed by atoms with E-state index in [1.54, 1.807) is 0 Å². The maximum Gasteiger partial charge on any atom is 0.187 e. The van der Waals surface area contributed by atoms with Crippen molar-refractivity contribution in [1.29, 1.82) is 0 Å². The van der Waals surface area contributed by atoms with Crippen LogP contribution in [0.3, 0.4) is 0 Å². The first-order chi connectivity index (χ1) is 24.6. The monoisotopic (exact) mass is 742 g/mol. The van der Waals surface area contributed by atoms with Gasteiger partial charge in [-0.3, -0.25) is 0 Å². The van der Waals surface area contributed by atoms with Crippen molar-refractivity contribution in [2.75, 3.05) is 27.4 Å². The highest BCUT2D eigenvalue weighted by molar-refractivity contribution is 5.16. The van der Waals surface area contributed by atoms with E-state index in [1.165, 1.54) is 14.2 Å². The summed E-state index contributed by atoms with van der Waals surface area (Å²) >= 11 is 0. The Labute approximate surface area is 308 Å². The molecule has 0 amide bonds. The van der Waals surface area contributed by atoms with Crippen molar-refractivity contribution in [3.63, 3.8) is 0 Å². The Balaban J connectivity index is 1.15. The summed E-state index contributed by atoms with van der Waals surface area (Å²) in [5.41, 5.74) is -0.440. The van der Waals surface area contributed by atoms with E-state index in [4.69, 9.17) is 28.4 Å². The van der Waals surface area contributed by atoms with Gasteiger partial charge in [0, 0.05) is 20.1 Å². The van der Waals surface area contributed by atoms with Crippen LogP contribution < -0.4 is 0 Å². The van der Waals surface area contributed by atoms with Gasteiger partial charge in [-0.05, 0) is 84.9 Å². The highest BCUT2D eigenvalue weighted by atomic mass is 16.8. The first-order valence-electron chi connectivity index (χ1n) is 19.6. The predicted molar refractivity (Wildman–Crippen MR) is 187 cm³/mol. The fourth-order valence-electron chi connectivity index (χ4n) is 11.9. The molecule has 6 rings (SSSR count). The molecule has 52 heavy (non-hydrogen) atoms. The predicted octanol–water partition coefficient (Wildman–Crippen LogP) is 1.36. The highest BCUT2D eigenvalue weighted by Crippen LogP contribution is 2.68. The lowest BCUT2D eigenvalue weighted by Crippen LogP contribution is -2.63. The van der Waals surface area contributed by atoms with E-state index in [0.717, 1.165) is 19.3 Å². The number of fused-ring (bicyclic) bond motifs is 5. The summed E-state index contributed by atoms with van der Waals surface area (Å²) in [5.74, 6) is 0.356. The maximum absolute atomic E-state index is 11.7. The Kier molecular flexibility index (Phi) is 12.6. The van der Waals surface area contributed by atoms with Crippen LogP contribution in [0.25, 0.3) is 0 Å². The van der Waals surface area contributed by atoms with Gasteiger partial charge in [-0.15, -0.1) is 0 Å². The molecule has 0 aromatic rings. The molecule has 4 aliphatic carbocycles. The van der Waals surface area contributed by atoms with Gasteiger partial charge in [0.1, 0.15) is 36.6 Å². The molecule has 2 saturated heterocycles. The Morgan fingerprint density at radius 2 is 1.46 bits per heavy atom. The molecule has 2 heterocycles. The number of ether oxygens (including phenoxy) is 6. The fourth-order valence-corrected chi connectivity index (χ4v) is 11.9. The van der Waals surface area contributed by atoms with Crippen molar-refractivity contribution in [2.45, 2.75) is 153 Å². The standard InChI is InChI=1S/C39H66O13/c1-18(2)26(50-37-35(32(45)27(16-40)51-37)52-36-34(48-7)33(46)28(47-6)17-49-36)9-8-19(3)22-15-25(43)29-20-14-24(42)30-31(44)23(41)11-13-38(30,4)21(20)10-12-39(22,29)5/h8-9,18-37,40-46H,10-17H2,1-7H3/b9-8+/t19?,20?,21?,22?,23-,24?,25+,26-,27?,28+,29?,30?,31-,32-,33?,34?,35?,36-,37+,38+,39+/m0/s1. The quantitative estimate of drug-likeness (QED) is 0.150. The lowest BCUT2D eigenvalue weighted by molar-refractivity contribution is -0.311. The topological polar surface area (TPSA) is 197 Å². The average Bonchev–Trinajstić information content (AvgIpc) is 3.55. The van der Waals surface area contributed by atoms with Gasteiger partial charge in [0.25, 0.3) is 0 Å². The second-order valence-electron chi connectivity index (χ2n) is 17.8. The summed E-state index contributed by atoms with van der Waals surface area (Å²) in [6.07, 6.45) is -2.69. The molecule has 0 aromatic carbocycles. The molecule has 6 fully saturated rings. The minimum absolute atomic E-state index is 0.00896. The normalized spacial score (nSPS) is 52.0. The van der Waals surface area contributed by atoms with Crippen LogP contribution in [0.1, 0.15) is 73.1 Å². The average molecular weight is 743 g/mol. The summed E-state index contributed by atoms with van der Waals surface area (Å²) in [4.78, 5) is 0. The minimum Gasteiger partial charge on any atom is -0.394 e. The molecule has 6 aliphatic rings. The number of rotatable bonds is 11. The number of hydrogen-bond acceptors (Lipinski definition) is 13. The van der Waals surface area contributed by atoms with E-state index in [-0.39, 0.29) is 58.9 Å². The van der Waals surface area contributed by atoms with Gasteiger partial charge in [-0.1, -0.05) is 46.8 Å². The van der Waals surface area contributed by atoms with Crippen molar-refractivity contribution >= 4 is 0 Å². The van der Waals surface area contributed by atoms with Crippen LogP contribution in [0, 0.1) is 52.3 Å². The molecule has 0 spiro atoms. The highest BCUT2D eigenvalue weighted by Gasteiger charge is 2.66. The summed E-state index contributed by atoms with van der Waals surface area (Å²) in [6, 6.07) is 0. The summed E-state index contributed by atoms with van der Waals surface area (Å²) < 4.78 is 35.3. The SMILES string of the molecule is COC1C(O)[C@H](OC)CO[C@H]1OC1[C@H](O[C@@H](/C=C/C(C)C2C[C@@H](O)C3C4CC(O)C5[C@@H](O)[C@@H](O)CC[C@]5(C)C4CC[C@]23C)C(C)C)OC(CO)[C@@H]1O. The van der Waals surface area contributed by atoms with E-state index in [1.807, 2.05) is 19.9 Å². The van der Waals surface area contributed by atoms with Gasteiger partial charge in [0.05, 0.1) is 43.7 Å². The molecule has 0 aromatic heterocycles. The number of methoxy groups -OCH3 is 2. The van der Waals surface area contributed by atoms with Gasteiger partial charge in [0.15, 0.2) is 12.6 Å². The van der Waals surface area contributed by atoms with Crippen LogP contribution in [-0.2, 0) is 28.4 Å². The molecule has 2 aliphatic heterocycles. The van der Waals surface area contributed by atoms with Crippen molar-refractivity contribution in [2.24, 2.45) is 52.3 Å². The molecule has 11 unspecified atom stereocenters. The fraction of sp³-hybridized carbons (Fsp3) is 0.949. The van der Waals surface area contributed by atoms with Crippen LogP contribution in [0.5, 0.6) is 0 Å². The second kappa shape index (κ2) is 16.0. The maximum atomic E-state index is 11.7. The van der Waals surface area contributed by atoms with Crippen LogP contribution in [-0.4, -0.2) is 143 Å². The summed E-state index contributed by atoms with van der Waals surface area (Å²) in [7, 11) is 2.90. The van der Waals surface area contributed by atoms with Crippen LogP contribution in [0.2, 0.25) is 0 Å². The third-order valence-corrected chi connectivity index (χ3v) is 14.7. The Morgan fingerprint density at radius 3 is 2.12 bits per heavy atom. The lowest BCUT2D eigenvalue weighted by atomic mass is 9.43. The van der Waals surface area contributed by atoms with Gasteiger partial charge in [-0.25, -0.2) is 0 Å². The van der Waals surface area contributed by atoms with Gasteiger partial charge in [0.2, 0.25) is 0 Å². The van der Waals surface area contributed by atoms with E-state index >= 15 is 0 Å². The van der Waals surface area contributed by atoms with Gasteiger partial charge >= 0.3 is 0 Å². The van der Waals surface area contributed by atoms with E-state index in [0.29, 0.717) is 19.3 Å². The second-order valence-corrected chi connectivity index (χ2v) is 17.8. The zero-order valence-electron chi connectivity index (χ0n) is 31.9. The van der Waals surface area contributed by atoms with Crippen molar-refractivity contribution in [3.05, 3.63) is 12.2 Å². The van der Waals surface area contributed by atoms with E-state index < -0.39 is 86.3 Å². The Hall–Kier alpha value is -0.780. The van der Waals surface area contributed by atoms with Crippen LogP contribution >= 0.6 is 0 Å². The molecule has 7 N–H and O–H groups in total. The van der Waals surface area contributed by atoms with Crippen molar-refractivity contribution < 1.29 is 64.2 Å². The molecule has 13 heteroatoms. The van der Waals surface area contributed by atoms with Crippen molar-refractivity contribution in [3.8, 4) is 0 Å². The van der Waals surface area contributed by atoms with Crippen LogP contribution in [0.4, 0.5) is 0 Å². The third kappa shape index (κ3) is 7.07. The van der Waals surface area contributed by atoms with Gasteiger partial charge in [-0.2, -0.15) is 0 Å². The number of aliphatic hydroxyl groups excluding tert-OH is 7. The summed E-state index contributed by atoms with van der Waals surface area (Å²) in [6.45, 7) is 10.3. The van der Waals surface area contributed by atoms with E-state index in [9.17, 15) is 35.7 Å². The van der Waals surface area contributed by atoms with Gasteiger partial charge < -0.3 is 64.2 Å². The number of hydrogen-bond donors (Lipinski definition) is 7. The molecule has 0 bridgehead atoms. The van der Waals surface area contributed by atoms with Crippen molar-refractivity contribution in [1.82, 2.24) is 0 Å². The Morgan fingerprint density at radius 1 is 0.769 bits per heavy atom. The smallest absolute Gasteiger partial charge is 0.187 e. The van der Waals surface area contributed by atoms with E-state index in [2.05, 4.69) is 26.8 Å². The first-order valence-corrected chi connectivity index (χ1v) is 19.6. The van der Waals surface area contributed by atoms with Crippen LogP contribution in [0.15, 0.2) is 12.2 Å². The summed E-state index contributed by atoms with van der Waals surface area (Å²) in [5, 5.41) is 76.4. The number of allylic oxidation sites excluding steroid dienone is 1. The molecule has 4 saturated carbocycles. The Bertz CT molecular complexity index is 1220. The molecule has 13 nitrogen and oxygen atoms in total. The molecule has 300 valence electrons. The first kappa shape index (κ1) is 40.9. The zero-order valence-corrected chi connectivity index (χ0v) is 31.9. The zero-order chi connectivity index (χ0) is 37.9. The third-order valence-electron chi connectivity index (χ3n) is 14.7. The molecule has 0 radical (unpaired) electrons.